The van der Waals surface area contributed by atoms with Crippen LogP contribution in [0, 0.1) is 0 Å². The fourth-order valence-electron chi connectivity index (χ4n) is 1.11. The lowest BCUT2D eigenvalue weighted by Crippen LogP contribution is -2.25. The first-order valence-corrected chi connectivity index (χ1v) is 4.26. The molecule has 2 N–H and O–H groups in total. The van der Waals surface area contributed by atoms with Crippen molar-refractivity contribution in [3.63, 3.8) is 0 Å². The molecule has 0 saturated carbocycles. The number of ether oxygens (including phenoxy) is 1. The van der Waals surface area contributed by atoms with Crippen molar-refractivity contribution in [2.75, 3.05) is 0 Å². The zero-order valence-electron chi connectivity index (χ0n) is 8.46. The van der Waals surface area contributed by atoms with E-state index in [4.69, 9.17) is 4.74 Å². The number of aliphatic hydroxyl groups is 2. The highest BCUT2D eigenvalue weighted by atomic mass is 16.6. The predicted molar refractivity (Wildman–Crippen MR) is 49.8 cm³/mol. The molecular weight excluding hydrogens is 168 g/mol. The van der Waals surface area contributed by atoms with Gasteiger partial charge in [-0.3, -0.25) is 0 Å². The molecule has 0 spiro atoms. The van der Waals surface area contributed by atoms with E-state index in [-0.39, 0.29) is 0 Å². The van der Waals surface area contributed by atoms with Gasteiger partial charge in [-0.15, -0.1) is 0 Å². The Kier molecular flexibility index (Phi) is 2.26. The van der Waals surface area contributed by atoms with Crippen LogP contribution in [0.25, 0.3) is 0 Å². The summed E-state index contributed by atoms with van der Waals surface area (Å²) in [6, 6.07) is 0. The van der Waals surface area contributed by atoms with E-state index in [9.17, 15) is 10.2 Å². The quantitative estimate of drug-likeness (QED) is 0.646. The van der Waals surface area contributed by atoms with Gasteiger partial charge in [-0.2, -0.15) is 0 Å². The van der Waals surface area contributed by atoms with Crippen molar-refractivity contribution < 1.29 is 14.9 Å². The van der Waals surface area contributed by atoms with Crippen molar-refractivity contribution in [3.05, 3.63) is 23.5 Å². The highest BCUT2D eigenvalue weighted by Crippen LogP contribution is 2.30. The van der Waals surface area contributed by atoms with Crippen LogP contribution >= 0.6 is 0 Å². The Hall–Kier alpha value is -0.800. The van der Waals surface area contributed by atoms with Gasteiger partial charge in [0.15, 0.2) is 0 Å². The second-order valence-electron chi connectivity index (χ2n) is 4.11. The maximum atomic E-state index is 9.62. The molecule has 74 valence electrons. The maximum absolute atomic E-state index is 9.62. The molecule has 0 aliphatic carbocycles. The molecule has 0 aromatic rings. The monoisotopic (exact) mass is 184 g/mol. The fourth-order valence-corrected chi connectivity index (χ4v) is 1.11. The van der Waals surface area contributed by atoms with Gasteiger partial charge in [-0.05, 0) is 32.9 Å². The third-order valence-electron chi connectivity index (χ3n) is 1.90. The molecule has 13 heavy (non-hydrogen) atoms. The minimum Gasteiger partial charge on any atom is -0.459 e. The zero-order valence-corrected chi connectivity index (χ0v) is 8.46. The van der Waals surface area contributed by atoms with Gasteiger partial charge < -0.3 is 14.9 Å². The highest BCUT2D eigenvalue weighted by Gasteiger charge is 2.31. The summed E-state index contributed by atoms with van der Waals surface area (Å²) in [6.45, 7) is 6.66. The molecule has 3 nitrogen and oxygen atoms in total. The number of hydrogen-bond acceptors (Lipinski definition) is 3. The van der Waals surface area contributed by atoms with Crippen molar-refractivity contribution in [1.29, 1.82) is 0 Å². The van der Waals surface area contributed by atoms with Crippen LogP contribution in [0.5, 0.6) is 0 Å². The molecule has 1 heterocycles. The second-order valence-corrected chi connectivity index (χ2v) is 4.11. The molecule has 0 aromatic heterocycles. The van der Waals surface area contributed by atoms with Crippen molar-refractivity contribution in [3.8, 4) is 0 Å². The third kappa shape index (κ3) is 2.57. The standard InChI is InChI=1S/C10H16O3/c1-7-5-8(6-9(2,3)11)13-10(7,4)12/h5-6,11-12H,1-4H3/b8-6+. The lowest BCUT2D eigenvalue weighted by Gasteiger charge is -2.20. The van der Waals surface area contributed by atoms with E-state index in [1.165, 1.54) is 0 Å². The van der Waals surface area contributed by atoms with Gasteiger partial charge >= 0.3 is 0 Å². The van der Waals surface area contributed by atoms with Gasteiger partial charge in [0.2, 0.25) is 5.79 Å². The number of rotatable bonds is 1. The van der Waals surface area contributed by atoms with E-state index in [1.807, 2.05) is 0 Å². The Bertz CT molecular complexity index is 266. The normalized spacial score (nSPS) is 31.8. The van der Waals surface area contributed by atoms with Gasteiger partial charge in [-0.25, -0.2) is 0 Å². The van der Waals surface area contributed by atoms with E-state index in [2.05, 4.69) is 0 Å². The molecule has 0 saturated heterocycles. The van der Waals surface area contributed by atoms with E-state index >= 15 is 0 Å². The fraction of sp³-hybridized carbons (Fsp3) is 0.600. The Morgan fingerprint density at radius 2 is 2.08 bits per heavy atom. The molecular formula is C10H16O3. The first-order valence-electron chi connectivity index (χ1n) is 4.26. The summed E-state index contributed by atoms with van der Waals surface area (Å²) >= 11 is 0. The molecule has 0 amide bonds. The minimum absolute atomic E-state index is 0.509. The van der Waals surface area contributed by atoms with Gasteiger partial charge in [0.05, 0.1) is 5.60 Å². The molecule has 0 bridgehead atoms. The van der Waals surface area contributed by atoms with E-state index < -0.39 is 11.4 Å². The molecule has 1 aliphatic heterocycles. The predicted octanol–water partition coefficient (Wildman–Crippen LogP) is 1.33. The number of hydrogen-bond donors (Lipinski definition) is 2. The molecule has 0 fully saturated rings. The van der Waals surface area contributed by atoms with Gasteiger partial charge in [-0.1, -0.05) is 0 Å². The first-order chi connectivity index (χ1) is 5.71. The Morgan fingerprint density at radius 3 is 2.38 bits per heavy atom. The molecule has 0 aromatic carbocycles. The van der Waals surface area contributed by atoms with Crippen LogP contribution in [0.3, 0.4) is 0 Å². The van der Waals surface area contributed by atoms with Crippen LogP contribution in [0.4, 0.5) is 0 Å². The van der Waals surface area contributed by atoms with Crippen molar-refractivity contribution >= 4 is 0 Å². The van der Waals surface area contributed by atoms with Gasteiger partial charge in [0.25, 0.3) is 0 Å². The molecule has 1 atom stereocenters. The summed E-state index contributed by atoms with van der Waals surface area (Å²) in [7, 11) is 0. The minimum atomic E-state index is -1.23. The van der Waals surface area contributed by atoms with Gasteiger partial charge in [0.1, 0.15) is 5.76 Å². The maximum Gasteiger partial charge on any atom is 0.228 e. The summed E-state index contributed by atoms with van der Waals surface area (Å²) in [6.07, 6.45) is 3.29. The summed E-state index contributed by atoms with van der Waals surface area (Å²) < 4.78 is 5.20. The Morgan fingerprint density at radius 1 is 1.54 bits per heavy atom. The number of allylic oxidation sites excluding steroid dienone is 1. The average Bonchev–Trinajstić information content (AvgIpc) is 2.01. The lowest BCUT2D eigenvalue weighted by molar-refractivity contribution is -0.117. The Labute approximate surface area is 78.3 Å². The summed E-state index contributed by atoms with van der Waals surface area (Å²) in [5.41, 5.74) is -0.185. The SMILES string of the molecule is CC1=C/C(=C\C(C)(C)O)OC1(C)O. The van der Waals surface area contributed by atoms with Crippen LogP contribution < -0.4 is 0 Å². The topological polar surface area (TPSA) is 49.7 Å². The molecule has 1 aliphatic rings. The van der Waals surface area contributed by atoms with Crippen molar-refractivity contribution in [2.24, 2.45) is 0 Å². The largest absolute Gasteiger partial charge is 0.459 e. The van der Waals surface area contributed by atoms with E-state index in [0.29, 0.717) is 5.76 Å². The third-order valence-corrected chi connectivity index (χ3v) is 1.90. The second kappa shape index (κ2) is 2.86. The van der Waals surface area contributed by atoms with Gasteiger partial charge in [0, 0.05) is 12.5 Å². The Balaban J connectivity index is 2.87. The van der Waals surface area contributed by atoms with Crippen LogP contribution in [0.15, 0.2) is 23.5 Å². The highest BCUT2D eigenvalue weighted by molar-refractivity contribution is 5.29. The summed E-state index contributed by atoms with van der Waals surface area (Å²) in [5, 5.41) is 19.1. The zero-order chi connectivity index (χ0) is 10.3. The van der Waals surface area contributed by atoms with E-state index in [0.717, 1.165) is 5.57 Å². The summed E-state index contributed by atoms with van der Waals surface area (Å²) in [5.74, 6) is -0.716. The molecule has 3 heteroatoms. The average molecular weight is 184 g/mol. The van der Waals surface area contributed by atoms with E-state index in [1.54, 1.807) is 39.8 Å². The molecule has 1 unspecified atom stereocenters. The van der Waals surface area contributed by atoms with Crippen LogP contribution in [0.1, 0.15) is 27.7 Å². The van der Waals surface area contributed by atoms with Crippen molar-refractivity contribution in [2.45, 2.75) is 39.1 Å². The van der Waals surface area contributed by atoms with Crippen LogP contribution in [0.2, 0.25) is 0 Å². The van der Waals surface area contributed by atoms with Crippen molar-refractivity contribution in [1.82, 2.24) is 0 Å². The van der Waals surface area contributed by atoms with Crippen LogP contribution in [-0.2, 0) is 4.74 Å². The summed E-state index contributed by atoms with van der Waals surface area (Å²) in [4.78, 5) is 0. The smallest absolute Gasteiger partial charge is 0.228 e. The van der Waals surface area contributed by atoms with Crippen LogP contribution in [-0.4, -0.2) is 21.6 Å². The molecule has 0 radical (unpaired) electrons. The molecule has 1 rings (SSSR count). The first kappa shape index (κ1) is 10.3. The lowest BCUT2D eigenvalue weighted by atomic mass is 10.1.